The zero-order valence-electron chi connectivity index (χ0n) is 17.9. The topological polar surface area (TPSA) is 101 Å². The third kappa shape index (κ3) is 5.73. The third-order valence-electron chi connectivity index (χ3n) is 4.87. The van der Waals surface area contributed by atoms with Gasteiger partial charge < -0.3 is 10.6 Å². The summed E-state index contributed by atoms with van der Waals surface area (Å²) in [5.74, 6) is -0.431. The molecule has 0 aliphatic heterocycles. The standard InChI is InChI=1S/C24H23N3O4S/c1-15-6-4-5-7-21(15)24(29)25-18-9-12-20(13-10-18)32-17(3)23(28)26-22-14-19(27(30)31)11-8-16(22)2/h4-14,17H,1-3H3,(H,25,29)(H,26,28). The van der Waals surface area contributed by atoms with Crippen LogP contribution in [0, 0.1) is 24.0 Å². The highest BCUT2D eigenvalue weighted by Gasteiger charge is 2.17. The number of nitrogens with one attached hydrogen (secondary N) is 2. The highest BCUT2D eigenvalue weighted by molar-refractivity contribution is 8.00. The molecule has 0 saturated heterocycles. The van der Waals surface area contributed by atoms with Crippen molar-refractivity contribution in [3.05, 3.63) is 93.5 Å². The van der Waals surface area contributed by atoms with E-state index in [0.717, 1.165) is 16.0 Å². The van der Waals surface area contributed by atoms with Crippen molar-refractivity contribution < 1.29 is 14.5 Å². The zero-order valence-corrected chi connectivity index (χ0v) is 18.7. The van der Waals surface area contributed by atoms with Crippen LogP contribution in [-0.2, 0) is 4.79 Å². The van der Waals surface area contributed by atoms with E-state index in [9.17, 15) is 19.7 Å². The van der Waals surface area contributed by atoms with Crippen LogP contribution in [-0.4, -0.2) is 22.0 Å². The minimum Gasteiger partial charge on any atom is -0.325 e. The molecule has 0 aliphatic rings. The van der Waals surface area contributed by atoms with Crippen molar-refractivity contribution in [2.75, 3.05) is 10.6 Å². The number of nitrogens with zero attached hydrogens (tertiary/aromatic N) is 1. The van der Waals surface area contributed by atoms with E-state index in [4.69, 9.17) is 0 Å². The van der Waals surface area contributed by atoms with Crippen LogP contribution in [0.15, 0.2) is 71.6 Å². The molecule has 0 spiro atoms. The number of rotatable bonds is 7. The second-order valence-electron chi connectivity index (χ2n) is 7.30. The van der Waals surface area contributed by atoms with E-state index in [1.807, 2.05) is 37.3 Å². The van der Waals surface area contributed by atoms with Crippen molar-refractivity contribution in [1.82, 2.24) is 0 Å². The van der Waals surface area contributed by atoms with Crippen molar-refractivity contribution in [3.63, 3.8) is 0 Å². The van der Waals surface area contributed by atoms with Gasteiger partial charge in [-0.25, -0.2) is 0 Å². The summed E-state index contributed by atoms with van der Waals surface area (Å²) in [6.07, 6.45) is 0. The van der Waals surface area contributed by atoms with Gasteiger partial charge >= 0.3 is 0 Å². The Bertz CT molecular complexity index is 1160. The van der Waals surface area contributed by atoms with Crippen LogP contribution in [0.1, 0.15) is 28.4 Å². The fourth-order valence-electron chi connectivity index (χ4n) is 2.99. The zero-order chi connectivity index (χ0) is 23.3. The first-order chi connectivity index (χ1) is 15.2. The molecule has 164 valence electrons. The molecule has 1 atom stereocenters. The van der Waals surface area contributed by atoms with Crippen LogP contribution in [0.2, 0.25) is 0 Å². The molecule has 8 heteroatoms. The number of aryl methyl sites for hydroxylation is 2. The molecule has 32 heavy (non-hydrogen) atoms. The van der Waals surface area contributed by atoms with Crippen molar-refractivity contribution in [2.45, 2.75) is 30.9 Å². The van der Waals surface area contributed by atoms with Crippen LogP contribution in [0.4, 0.5) is 17.1 Å². The number of thioether (sulfide) groups is 1. The molecular weight excluding hydrogens is 426 g/mol. The van der Waals surface area contributed by atoms with E-state index in [1.54, 1.807) is 38.1 Å². The number of carbonyl (C=O) groups is 2. The Balaban J connectivity index is 1.61. The van der Waals surface area contributed by atoms with Crippen molar-refractivity contribution in [3.8, 4) is 0 Å². The summed E-state index contributed by atoms with van der Waals surface area (Å²) in [5, 5.41) is 16.2. The number of anilines is 2. The number of non-ortho nitro benzene ring substituents is 1. The molecule has 0 aliphatic carbocycles. The summed E-state index contributed by atoms with van der Waals surface area (Å²) in [5.41, 5.74) is 3.27. The Labute approximate surface area is 190 Å². The maximum absolute atomic E-state index is 12.6. The second kappa shape index (κ2) is 10.1. The normalized spacial score (nSPS) is 11.5. The first kappa shape index (κ1) is 23.0. The maximum atomic E-state index is 12.6. The lowest BCUT2D eigenvalue weighted by atomic mass is 10.1. The van der Waals surface area contributed by atoms with Gasteiger partial charge in [-0.2, -0.15) is 0 Å². The third-order valence-corrected chi connectivity index (χ3v) is 5.99. The molecule has 0 aromatic heterocycles. The first-order valence-electron chi connectivity index (χ1n) is 9.94. The van der Waals surface area contributed by atoms with Gasteiger partial charge in [0.15, 0.2) is 0 Å². The van der Waals surface area contributed by atoms with E-state index >= 15 is 0 Å². The summed E-state index contributed by atoms with van der Waals surface area (Å²) >= 11 is 1.36. The monoisotopic (exact) mass is 449 g/mol. The maximum Gasteiger partial charge on any atom is 0.271 e. The molecule has 0 heterocycles. The first-order valence-corrected chi connectivity index (χ1v) is 10.8. The molecule has 2 amide bonds. The molecule has 2 N–H and O–H groups in total. The number of nitro benzene ring substituents is 1. The molecule has 0 fully saturated rings. The van der Waals surface area contributed by atoms with Crippen LogP contribution >= 0.6 is 11.8 Å². The van der Waals surface area contributed by atoms with Crippen LogP contribution < -0.4 is 10.6 Å². The fraction of sp³-hybridized carbons (Fsp3) is 0.167. The summed E-state index contributed by atoms with van der Waals surface area (Å²) in [7, 11) is 0. The largest absolute Gasteiger partial charge is 0.325 e. The number of hydrogen-bond acceptors (Lipinski definition) is 5. The Morgan fingerprint density at radius 2 is 1.62 bits per heavy atom. The average molecular weight is 450 g/mol. The van der Waals surface area contributed by atoms with Gasteiger partial charge in [-0.1, -0.05) is 24.3 Å². The number of amides is 2. The molecular formula is C24H23N3O4S. The van der Waals surface area contributed by atoms with Crippen molar-refractivity contribution in [1.29, 1.82) is 0 Å². The number of hydrogen-bond donors (Lipinski definition) is 2. The van der Waals surface area contributed by atoms with Gasteiger partial charge in [0.25, 0.3) is 11.6 Å². The van der Waals surface area contributed by atoms with E-state index in [-0.39, 0.29) is 17.5 Å². The molecule has 3 aromatic rings. The smallest absolute Gasteiger partial charge is 0.271 e. The van der Waals surface area contributed by atoms with Gasteiger partial charge in [-0.3, -0.25) is 19.7 Å². The summed E-state index contributed by atoms with van der Waals surface area (Å²) in [6.45, 7) is 5.43. The number of nitro groups is 1. The molecule has 1 unspecified atom stereocenters. The van der Waals surface area contributed by atoms with Gasteiger partial charge in [-0.05, 0) is 62.2 Å². The highest BCUT2D eigenvalue weighted by Crippen LogP contribution is 2.27. The minimum atomic E-state index is -0.493. The van der Waals surface area contributed by atoms with E-state index < -0.39 is 10.2 Å². The van der Waals surface area contributed by atoms with Gasteiger partial charge in [0.1, 0.15) is 0 Å². The molecule has 0 bridgehead atoms. The Morgan fingerprint density at radius 1 is 0.938 bits per heavy atom. The van der Waals surface area contributed by atoms with Gasteiger partial charge in [0.05, 0.1) is 15.9 Å². The Kier molecular flexibility index (Phi) is 7.27. The molecule has 3 rings (SSSR count). The van der Waals surface area contributed by atoms with E-state index in [1.165, 1.54) is 23.9 Å². The van der Waals surface area contributed by atoms with Gasteiger partial charge in [0.2, 0.25) is 5.91 Å². The SMILES string of the molecule is Cc1ccc([N+](=O)[O-])cc1NC(=O)C(C)Sc1ccc(NC(=O)c2ccccc2C)cc1. The molecule has 0 saturated carbocycles. The lowest BCUT2D eigenvalue weighted by molar-refractivity contribution is -0.384. The van der Waals surface area contributed by atoms with E-state index in [2.05, 4.69) is 10.6 Å². The van der Waals surface area contributed by atoms with Gasteiger partial charge in [-0.15, -0.1) is 11.8 Å². The highest BCUT2D eigenvalue weighted by atomic mass is 32.2. The van der Waals surface area contributed by atoms with Crippen LogP contribution in [0.3, 0.4) is 0 Å². The Hall–Kier alpha value is -3.65. The lowest BCUT2D eigenvalue weighted by Crippen LogP contribution is -2.22. The summed E-state index contributed by atoms with van der Waals surface area (Å²) < 4.78 is 0. The molecule has 3 aromatic carbocycles. The van der Waals surface area contributed by atoms with E-state index in [0.29, 0.717) is 16.9 Å². The number of carbonyl (C=O) groups excluding carboxylic acids is 2. The minimum absolute atomic E-state index is 0.0745. The Morgan fingerprint density at radius 3 is 2.28 bits per heavy atom. The summed E-state index contributed by atoms with van der Waals surface area (Å²) in [4.78, 5) is 36.4. The predicted octanol–water partition coefficient (Wildman–Crippen LogP) is 5.58. The second-order valence-corrected chi connectivity index (χ2v) is 8.71. The van der Waals surface area contributed by atoms with Crippen LogP contribution in [0.25, 0.3) is 0 Å². The van der Waals surface area contributed by atoms with Gasteiger partial charge in [0, 0.05) is 28.3 Å². The lowest BCUT2D eigenvalue weighted by Gasteiger charge is -2.14. The predicted molar refractivity (Wildman–Crippen MR) is 127 cm³/mol. The molecule has 7 nitrogen and oxygen atoms in total. The summed E-state index contributed by atoms with van der Waals surface area (Å²) in [6, 6.07) is 19.0. The van der Waals surface area contributed by atoms with Crippen molar-refractivity contribution in [2.24, 2.45) is 0 Å². The quantitative estimate of drug-likeness (QED) is 0.278. The fourth-order valence-corrected chi connectivity index (χ4v) is 3.86. The number of benzene rings is 3. The average Bonchev–Trinajstić information content (AvgIpc) is 2.76. The van der Waals surface area contributed by atoms with Crippen molar-refractivity contribution >= 4 is 40.6 Å². The van der Waals surface area contributed by atoms with Crippen LogP contribution in [0.5, 0.6) is 0 Å². The molecule has 0 radical (unpaired) electrons.